The second-order valence-corrected chi connectivity index (χ2v) is 9.29. The van der Waals surface area contributed by atoms with Crippen LogP contribution in [0.1, 0.15) is 11.1 Å². The second-order valence-electron chi connectivity index (χ2n) is 5.22. The van der Waals surface area contributed by atoms with Gasteiger partial charge in [0.25, 0.3) is 10.0 Å². The summed E-state index contributed by atoms with van der Waals surface area (Å²) in [4.78, 5) is -0.383. The van der Waals surface area contributed by atoms with E-state index in [0.717, 1.165) is 23.4 Å². The molecule has 0 heterocycles. The molecule has 0 aliphatic rings. The van der Waals surface area contributed by atoms with Gasteiger partial charge in [-0.25, -0.2) is 16.8 Å². The number of sulfonamides is 1. The Kier molecular flexibility index (Phi) is 4.75. The van der Waals surface area contributed by atoms with E-state index in [1.807, 2.05) is 13.0 Å². The Morgan fingerprint density at radius 3 is 2.26 bits per heavy atom. The van der Waals surface area contributed by atoms with Gasteiger partial charge >= 0.3 is 0 Å². The first-order valence-electron chi connectivity index (χ1n) is 6.61. The summed E-state index contributed by atoms with van der Waals surface area (Å²) in [6.45, 7) is 3.66. The number of sulfone groups is 1. The number of nitrogens with one attached hydrogen (secondary N) is 1. The highest BCUT2D eigenvalue weighted by atomic mass is 35.5. The Labute approximate surface area is 141 Å². The van der Waals surface area contributed by atoms with Gasteiger partial charge in [-0.3, -0.25) is 4.72 Å². The van der Waals surface area contributed by atoms with Gasteiger partial charge in [-0.1, -0.05) is 23.7 Å². The van der Waals surface area contributed by atoms with Crippen LogP contribution in [0.25, 0.3) is 0 Å². The van der Waals surface area contributed by atoms with E-state index in [0.29, 0.717) is 5.69 Å². The molecule has 0 amide bonds. The standard InChI is InChI=1S/C15H16ClNO4S2/c1-10-5-4-6-14(11(10)2)17-23(20,21)15-9-12(22(3,18)19)7-8-13(15)16/h4-9,17H,1-3H3. The van der Waals surface area contributed by atoms with Crippen LogP contribution < -0.4 is 4.72 Å². The molecule has 2 aromatic rings. The van der Waals surface area contributed by atoms with Crippen molar-refractivity contribution in [1.29, 1.82) is 0 Å². The summed E-state index contributed by atoms with van der Waals surface area (Å²) in [5.74, 6) is 0. The normalized spacial score (nSPS) is 12.2. The Balaban J connectivity index is 2.54. The van der Waals surface area contributed by atoms with Crippen molar-refractivity contribution in [3.05, 3.63) is 52.5 Å². The van der Waals surface area contributed by atoms with Gasteiger partial charge in [0.15, 0.2) is 9.84 Å². The highest BCUT2D eigenvalue weighted by Crippen LogP contribution is 2.28. The van der Waals surface area contributed by atoms with Crippen LogP contribution in [0.15, 0.2) is 46.2 Å². The van der Waals surface area contributed by atoms with E-state index in [4.69, 9.17) is 11.6 Å². The monoisotopic (exact) mass is 373 g/mol. The summed E-state index contributed by atoms with van der Waals surface area (Å²) in [5.41, 5.74) is 2.14. The minimum absolute atomic E-state index is 0.0461. The molecular formula is C15H16ClNO4S2. The van der Waals surface area contributed by atoms with Crippen LogP contribution in [-0.2, 0) is 19.9 Å². The van der Waals surface area contributed by atoms with Gasteiger partial charge < -0.3 is 0 Å². The van der Waals surface area contributed by atoms with Crippen LogP contribution >= 0.6 is 11.6 Å². The van der Waals surface area contributed by atoms with E-state index in [2.05, 4.69) is 4.72 Å². The first-order valence-corrected chi connectivity index (χ1v) is 10.4. The van der Waals surface area contributed by atoms with E-state index in [9.17, 15) is 16.8 Å². The highest BCUT2D eigenvalue weighted by molar-refractivity contribution is 7.93. The van der Waals surface area contributed by atoms with Gasteiger partial charge in [-0.15, -0.1) is 0 Å². The van der Waals surface area contributed by atoms with Crippen molar-refractivity contribution >= 4 is 37.1 Å². The van der Waals surface area contributed by atoms with E-state index in [1.54, 1.807) is 19.1 Å². The molecule has 0 saturated heterocycles. The largest absolute Gasteiger partial charge is 0.279 e. The predicted molar refractivity (Wildman–Crippen MR) is 91.3 cm³/mol. The minimum Gasteiger partial charge on any atom is -0.279 e. The molecule has 23 heavy (non-hydrogen) atoms. The number of benzene rings is 2. The summed E-state index contributed by atoms with van der Waals surface area (Å²) in [6, 6.07) is 8.82. The van der Waals surface area contributed by atoms with Gasteiger partial charge in [0, 0.05) is 6.26 Å². The van der Waals surface area contributed by atoms with Crippen molar-refractivity contribution < 1.29 is 16.8 Å². The molecule has 0 aliphatic carbocycles. The average molecular weight is 374 g/mol. The van der Waals surface area contributed by atoms with Crippen molar-refractivity contribution in [3.63, 3.8) is 0 Å². The minimum atomic E-state index is -4.01. The zero-order chi connectivity index (χ0) is 17.4. The average Bonchev–Trinajstić information content (AvgIpc) is 2.42. The number of halogens is 1. The molecule has 0 aliphatic heterocycles. The van der Waals surface area contributed by atoms with Crippen molar-refractivity contribution in [3.8, 4) is 0 Å². The van der Waals surface area contributed by atoms with E-state index < -0.39 is 19.9 Å². The molecule has 2 aromatic carbocycles. The van der Waals surface area contributed by atoms with Gasteiger partial charge in [0.1, 0.15) is 4.90 Å². The van der Waals surface area contributed by atoms with Crippen LogP contribution in [0.4, 0.5) is 5.69 Å². The summed E-state index contributed by atoms with van der Waals surface area (Å²) in [5, 5.41) is -0.0461. The molecule has 1 N–H and O–H groups in total. The Morgan fingerprint density at radius 1 is 1.00 bits per heavy atom. The lowest BCUT2D eigenvalue weighted by Gasteiger charge is -2.13. The zero-order valence-corrected chi connectivity index (χ0v) is 15.2. The SMILES string of the molecule is Cc1cccc(NS(=O)(=O)c2cc(S(C)(=O)=O)ccc2Cl)c1C. The summed E-state index contributed by atoms with van der Waals surface area (Å²) in [6.07, 6.45) is 1.00. The third-order valence-electron chi connectivity index (χ3n) is 3.47. The first-order chi connectivity index (χ1) is 10.5. The van der Waals surface area contributed by atoms with Crippen LogP contribution in [0.5, 0.6) is 0 Å². The number of hydrogen-bond acceptors (Lipinski definition) is 4. The van der Waals surface area contributed by atoms with Crippen molar-refractivity contribution in [1.82, 2.24) is 0 Å². The Bertz CT molecular complexity index is 967. The molecule has 0 spiro atoms. The van der Waals surface area contributed by atoms with Crippen LogP contribution in [0.2, 0.25) is 5.02 Å². The maximum Gasteiger partial charge on any atom is 0.263 e. The fourth-order valence-electron chi connectivity index (χ4n) is 1.98. The molecule has 8 heteroatoms. The van der Waals surface area contributed by atoms with Crippen molar-refractivity contribution in [2.24, 2.45) is 0 Å². The molecular weight excluding hydrogens is 358 g/mol. The molecule has 0 aromatic heterocycles. The fourth-order valence-corrected chi connectivity index (χ4v) is 4.35. The number of anilines is 1. The zero-order valence-electron chi connectivity index (χ0n) is 12.8. The van der Waals surface area contributed by atoms with Crippen LogP contribution in [-0.4, -0.2) is 23.1 Å². The van der Waals surface area contributed by atoms with Crippen LogP contribution in [0.3, 0.4) is 0 Å². The maximum atomic E-state index is 12.6. The van der Waals surface area contributed by atoms with Gasteiger partial charge in [0.2, 0.25) is 0 Å². The lowest BCUT2D eigenvalue weighted by Crippen LogP contribution is -2.15. The molecule has 124 valence electrons. The van der Waals surface area contributed by atoms with Gasteiger partial charge in [0.05, 0.1) is 15.6 Å². The van der Waals surface area contributed by atoms with E-state index in [-0.39, 0.29) is 14.8 Å². The smallest absolute Gasteiger partial charge is 0.263 e. The van der Waals surface area contributed by atoms with Gasteiger partial charge in [-0.05, 0) is 49.2 Å². The number of aryl methyl sites for hydroxylation is 1. The molecule has 0 bridgehead atoms. The quantitative estimate of drug-likeness (QED) is 0.892. The maximum absolute atomic E-state index is 12.6. The molecule has 0 unspecified atom stereocenters. The molecule has 0 saturated carbocycles. The van der Waals surface area contributed by atoms with Crippen LogP contribution in [0, 0.1) is 13.8 Å². The predicted octanol–water partition coefficient (Wildman–Crippen LogP) is 3.16. The number of hydrogen-bond donors (Lipinski definition) is 1. The van der Waals surface area contributed by atoms with E-state index >= 15 is 0 Å². The third kappa shape index (κ3) is 3.85. The summed E-state index contributed by atoms with van der Waals surface area (Å²) in [7, 11) is -7.55. The highest BCUT2D eigenvalue weighted by Gasteiger charge is 2.21. The lowest BCUT2D eigenvalue weighted by atomic mass is 10.1. The summed E-state index contributed by atoms with van der Waals surface area (Å²) >= 11 is 5.95. The van der Waals surface area contributed by atoms with Crippen molar-refractivity contribution in [2.75, 3.05) is 11.0 Å². The molecule has 0 atom stereocenters. The van der Waals surface area contributed by atoms with E-state index in [1.165, 1.54) is 12.1 Å². The lowest BCUT2D eigenvalue weighted by molar-refractivity contribution is 0.599. The molecule has 5 nitrogen and oxygen atoms in total. The number of rotatable bonds is 4. The molecule has 0 radical (unpaired) electrons. The fraction of sp³-hybridized carbons (Fsp3) is 0.200. The third-order valence-corrected chi connectivity index (χ3v) is 6.43. The Hall–Kier alpha value is -1.57. The second kappa shape index (κ2) is 6.14. The Morgan fingerprint density at radius 2 is 1.65 bits per heavy atom. The summed E-state index contributed by atoms with van der Waals surface area (Å²) < 4.78 is 50.8. The first kappa shape index (κ1) is 17.8. The van der Waals surface area contributed by atoms with Crippen molar-refractivity contribution in [2.45, 2.75) is 23.6 Å². The molecule has 0 fully saturated rings. The molecule has 2 rings (SSSR count). The van der Waals surface area contributed by atoms with Gasteiger partial charge in [-0.2, -0.15) is 0 Å². The topological polar surface area (TPSA) is 80.3 Å².